The highest BCUT2D eigenvalue weighted by atomic mass is 16.5. The van der Waals surface area contributed by atoms with Crippen molar-refractivity contribution >= 4 is 16.8 Å². The topological polar surface area (TPSA) is 101 Å². The van der Waals surface area contributed by atoms with Gasteiger partial charge in [-0.2, -0.15) is 0 Å². The van der Waals surface area contributed by atoms with E-state index in [0.717, 1.165) is 0 Å². The average molecular weight is 321 g/mol. The molecular weight excluding hydrogens is 302 g/mol. The second-order valence-electron chi connectivity index (χ2n) is 4.80. The lowest BCUT2D eigenvalue weighted by Crippen LogP contribution is -2.17. The quantitative estimate of drug-likeness (QED) is 0.528. The molecule has 0 atom stereocenters. The summed E-state index contributed by atoms with van der Waals surface area (Å²) >= 11 is 0. The number of phenols is 1. The predicted octanol–water partition coefficient (Wildman–Crippen LogP) is 1.82. The second kappa shape index (κ2) is 7.06. The Balaban J connectivity index is 2.59. The third-order valence-electron chi connectivity index (χ3n) is 3.31. The maximum atomic E-state index is 12.5. The molecule has 0 aliphatic rings. The van der Waals surface area contributed by atoms with Gasteiger partial charge in [-0.3, -0.25) is 4.79 Å². The number of carbonyl (C=O) groups excluding carboxylic acids is 1. The molecule has 1 aromatic carbocycles. The van der Waals surface area contributed by atoms with Crippen LogP contribution in [0, 0.1) is 0 Å². The van der Waals surface area contributed by atoms with Crippen molar-refractivity contribution < 1.29 is 28.9 Å². The van der Waals surface area contributed by atoms with Crippen molar-refractivity contribution in [3.05, 3.63) is 29.7 Å². The van der Waals surface area contributed by atoms with Gasteiger partial charge in [-0.05, 0) is 13.0 Å². The number of ether oxygens (including phenoxy) is 2. The number of rotatable bonds is 7. The molecule has 0 amide bonds. The first-order valence-corrected chi connectivity index (χ1v) is 6.96. The van der Waals surface area contributed by atoms with Crippen LogP contribution in [-0.4, -0.2) is 43.4 Å². The molecule has 7 nitrogen and oxygen atoms in total. The lowest BCUT2D eigenvalue weighted by Gasteiger charge is -2.13. The molecule has 0 radical (unpaired) electrons. The number of methoxy groups -OCH3 is 2. The van der Waals surface area contributed by atoms with E-state index < -0.39 is 5.78 Å². The van der Waals surface area contributed by atoms with Crippen LogP contribution in [0.25, 0.3) is 11.0 Å². The second-order valence-corrected chi connectivity index (χ2v) is 4.80. The molecule has 1 heterocycles. The zero-order chi connectivity index (χ0) is 17.0. The Kier molecular flexibility index (Phi) is 5.13. The first kappa shape index (κ1) is 16.7. The number of furan rings is 1. The van der Waals surface area contributed by atoms with Crippen LogP contribution in [0.2, 0.25) is 0 Å². The summed E-state index contributed by atoms with van der Waals surface area (Å²) in [5.41, 5.74) is 0.845. The Hall–Kier alpha value is -2.67. The first-order chi connectivity index (χ1) is 11.0. The van der Waals surface area contributed by atoms with Gasteiger partial charge in [0.05, 0.1) is 32.5 Å². The molecule has 0 aliphatic heterocycles. The lowest BCUT2D eigenvalue weighted by atomic mass is 10.0. The van der Waals surface area contributed by atoms with Gasteiger partial charge in [0.25, 0.3) is 0 Å². The molecular formula is C16H19NO6. The van der Waals surface area contributed by atoms with E-state index in [-0.39, 0.29) is 29.4 Å². The molecule has 0 unspecified atom stereocenters. The van der Waals surface area contributed by atoms with Gasteiger partial charge in [-0.25, -0.2) is 0 Å². The molecule has 3 N–H and O–H groups in total. The summed E-state index contributed by atoms with van der Waals surface area (Å²) in [6.07, 6.45) is 2.74. The largest absolute Gasteiger partial charge is 0.504 e. The Bertz CT molecular complexity index is 747. The van der Waals surface area contributed by atoms with Crippen LogP contribution in [0.5, 0.6) is 17.2 Å². The van der Waals surface area contributed by atoms with Crippen LogP contribution in [0.15, 0.2) is 28.5 Å². The molecule has 0 fully saturated rings. The fraction of sp³-hybridized carbons (Fsp3) is 0.312. The number of carbonyl (C=O) groups is 1. The molecule has 0 bridgehead atoms. The van der Waals surface area contributed by atoms with Gasteiger partial charge in [0.1, 0.15) is 11.3 Å². The van der Waals surface area contributed by atoms with Crippen molar-refractivity contribution in [2.24, 2.45) is 0 Å². The monoisotopic (exact) mass is 321 g/mol. The lowest BCUT2D eigenvalue weighted by molar-refractivity contribution is 0.104. The molecule has 7 heteroatoms. The maximum absolute atomic E-state index is 12.5. The van der Waals surface area contributed by atoms with Gasteiger partial charge < -0.3 is 29.4 Å². The fourth-order valence-corrected chi connectivity index (χ4v) is 2.33. The third kappa shape index (κ3) is 3.09. The normalized spacial score (nSPS) is 11.6. The summed E-state index contributed by atoms with van der Waals surface area (Å²) in [5.74, 6) is -0.515. The zero-order valence-electron chi connectivity index (χ0n) is 13.2. The summed E-state index contributed by atoms with van der Waals surface area (Å²) < 4.78 is 15.8. The summed E-state index contributed by atoms with van der Waals surface area (Å²) in [6, 6.07) is 1.63. The van der Waals surface area contributed by atoms with Gasteiger partial charge in [-0.1, -0.05) is 0 Å². The van der Waals surface area contributed by atoms with E-state index in [1.54, 1.807) is 13.0 Å². The van der Waals surface area contributed by atoms with Crippen molar-refractivity contribution in [1.29, 1.82) is 0 Å². The number of fused-ring (bicyclic) bond motifs is 1. The van der Waals surface area contributed by atoms with Crippen molar-refractivity contribution in [1.82, 2.24) is 5.32 Å². The molecule has 124 valence electrons. The standard InChI is InChI=1S/C16H19NO6/c1-9(17-5-6-18)8-11(19)12-13(20)16(22-3)15-10(4-7-23-15)14(12)21-2/h4,7-8,17-18,20H,5-6H2,1-3H3/b9-8-. The molecule has 0 saturated heterocycles. The van der Waals surface area contributed by atoms with Gasteiger partial charge in [0.2, 0.25) is 5.75 Å². The van der Waals surface area contributed by atoms with E-state index >= 15 is 0 Å². The van der Waals surface area contributed by atoms with Crippen LogP contribution in [0.1, 0.15) is 17.3 Å². The van der Waals surface area contributed by atoms with Crippen LogP contribution in [0.3, 0.4) is 0 Å². The number of benzene rings is 1. The zero-order valence-corrected chi connectivity index (χ0v) is 13.2. The number of hydrogen-bond acceptors (Lipinski definition) is 7. The van der Waals surface area contributed by atoms with E-state index in [2.05, 4.69) is 5.32 Å². The number of nitrogens with one attached hydrogen (secondary N) is 1. The van der Waals surface area contributed by atoms with E-state index in [1.165, 1.54) is 26.6 Å². The highest BCUT2D eigenvalue weighted by Crippen LogP contribution is 2.45. The number of aliphatic hydroxyl groups is 1. The third-order valence-corrected chi connectivity index (χ3v) is 3.31. The first-order valence-electron chi connectivity index (χ1n) is 6.96. The van der Waals surface area contributed by atoms with E-state index in [0.29, 0.717) is 23.2 Å². The Labute approximate surface area is 133 Å². The van der Waals surface area contributed by atoms with Crippen LogP contribution in [-0.2, 0) is 0 Å². The molecule has 2 aromatic rings. The summed E-state index contributed by atoms with van der Waals surface area (Å²) in [6.45, 7) is 1.95. The fourth-order valence-electron chi connectivity index (χ4n) is 2.33. The molecule has 0 saturated carbocycles. The van der Waals surface area contributed by atoms with Gasteiger partial charge in [0.15, 0.2) is 17.1 Å². The Morgan fingerprint density at radius 2 is 2.04 bits per heavy atom. The minimum atomic E-state index is -0.455. The number of aliphatic hydroxyl groups excluding tert-OH is 1. The van der Waals surface area contributed by atoms with Crippen LogP contribution in [0.4, 0.5) is 0 Å². The average Bonchev–Trinajstić information content (AvgIpc) is 3.00. The van der Waals surface area contributed by atoms with E-state index in [1.807, 2.05) is 0 Å². The van der Waals surface area contributed by atoms with Crippen molar-refractivity contribution in [2.45, 2.75) is 6.92 Å². The molecule has 0 aliphatic carbocycles. The Morgan fingerprint density at radius 3 is 2.65 bits per heavy atom. The number of aromatic hydroxyl groups is 1. The minimum Gasteiger partial charge on any atom is -0.504 e. The number of phenolic OH excluding ortho intramolecular Hbond substituents is 1. The van der Waals surface area contributed by atoms with Gasteiger partial charge in [0, 0.05) is 18.3 Å². The van der Waals surface area contributed by atoms with E-state index in [4.69, 9.17) is 19.0 Å². The summed E-state index contributed by atoms with van der Waals surface area (Å²) in [7, 11) is 2.78. The maximum Gasteiger partial charge on any atom is 0.205 e. The minimum absolute atomic E-state index is 0.0107. The highest BCUT2D eigenvalue weighted by molar-refractivity contribution is 6.14. The number of allylic oxidation sites excluding steroid dienone is 2. The molecule has 23 heavy (non-hydrogen) atoms. The number of hydrogen-bond donors (Lipinski definition) is 3. The SMILES string of the molecule is COc1c(C(=O)/C=C(/C)NCCO)c(O)c(OC)c2occc12. The van der Waals surface area contributed by atoms with Crippen molar-refractivity contribution in [3.63, 3.8) is 0 Å². The number of ketones is 1. The Morgan fingerprint density at radius 1 is 1.35 bits per heavy atom. The van der Waals surface area contributed by atoms with E-state index in [9.17, 15) is 9.90 Å². The van der Waals surface area contributed by atoms with Crippen LogP contribution >= 0.6 is 0 Å². The molecule has 1 aromatic heterocycles. The smallest absolute Gasteiger partial charge is 0.205 e. The van der Waals surface area contributed by atoms with Gasteiger partial charge in [-0.15, -0.1) is 0 Å². The highest BCUT2D eigenvalue weighted by Gasteiger charge is 2.26. The van der Waals surface area contributed by atoms with Crippen LogP contribution < -0.4 is 14.8 Å². The van der Waals surface area contributed by atoms with Crippen molar-refractivity contribution in [2.75, 3.05) is 27.4 Å². The van der Waals surface area contributed by atoms with Crippen molar-refractivity contribution in [3.8, 4) is 17.2 Å². The van der Waals surface area contributed by atoms with Gasteiger partial charge >= 0.3 is 0 Å². The predicted molar refractivity (Wildman–Crippen MR) is 84.2 cm³/mol. The summed E-state index contributed by atoms with van der Waals surface area (Å²) in [4.78, 5) is 12.5. The summed E-state index contributed by atoms with van der Waals surface area (Å²) in [5, 5.41) is 22.6. The molecule has 0 spiro atoms. The molecule has 2 rings (SSSR count).